The topological polar surface area (TPSA) is 50.1 Å². The quantitative estimate of drug-likeness (QED) is 0.895. The fourth-order valence-electron chi connectivity index (χ4n) is 2.51. The molecule has 1 aliphatic carbocycles. The van der Waals surface area contributed by atoms with Crippen LogP contribution in [0.2, 0.25) is 0 Å². The van der Waals surface area contributed by atoms with Gasteiger partial charge in [0.25, 0.3) is 0 Å². The zero-order valence-electron chi connectivity index (χ0n) is 11.5. The van der Waals surface area contributed by atoms with Crippen molar-refractivity contribution >= 4 is 15.9 Å². The number of aliphatic hydroxyl groups is 1. The van der Waals surface area contributed by atoms with E-state index in [1.165, 1.54) is 5.69 Å². The van der Waals surface area contributed by atoms with Crippen molar-refractivity contribution in [1.29, 1.82) is 0 Å². The van der Waals surface area contributed by atoms with Gasteiger partial charge < -0.3 is 10.4 Å². The van der Waals surface area contributed by atoms with Crippen molar-refractivity contribution in [2.75, 3.05) is 0 Å². The van der Waals surface area contributed by atoms with Crippen LogP contribution in [0.3, 0.4) is 0 Å². The van der Waals surface area contributed by atoms with Crippen LogP contribution in [0.15, 0.2) is 4.47 Å². The summed E-state index contributed by atoms with van der Waals surface area (Å²) in [6.07, 6.45) is 0.653. The van der Waals surface area contributed by atoms with E-state index in [4.69, 9.17) is 0 Å². The molecule has 2 unspecified atom stereocenters. The van der Waals surface area contributed by atoms with Gasteiger partial charge in [-0.25, -0.2) is 0 Å². The Labute approximate surface area is 117 Å². The van der Waals surface area contributed by atoms with Crippen LogP contribution >= 0.6 is 15.9 Å². The molecular formula is C13H22BrN3O. The van der Waals surface area contributed by atoms with Crippen LogP contribution in [0.4, 0.5) is 0 Å². The molecule has 1 fully saturated rings. The molecule has 0 bridgehead atoms. The number of aromatic nitrogens is 2. The fraction of sp³-hybridized carbons (Fsp3) is 0.769. The first-order valence-corrected chi connectivity index (χ1v) is 7.30. The summed E-state index contributed by atoms with van der Waals surface area (Å²) < 4.78 is 3.11. The zero-order chi connectivity index (χ0) is 13.5. The molecule has 1 aliphatic rings. The number of aliphatic hydroxyl groups excluding tert-OH is 1. The molecule has 1 aromatic heterocycles. The van der Waals surface area contributed by atoms with Gasteiger partial charge in [-0.1, -0.05) is 13.8 Å². The van der Waals surface area contributed by atoms with E-state index in [9.17, 15) is 5.11 Å². The maximum atomic E-state index is 9.74. The molecule has 0 spiro atoms. The molecule has 1 heterocycles. The molecule has 5 heteroatoms. The minimum Gasteiger partial charge on any atom is -0.392 e. The van der Waals surface area contributed by atoms with Crippen molar-refractivity contribution in [2.24, 2.45) is 5.41 Å². The third kappa shape index (κ3) is 2.24. The highest BCUT2D eigenvalue weighted by molar-refractivity contribution is 9.10. The SMILES string of the molecule is CCn1nc(C)c(Br)c1CNC1CC(O)C1(C)C. The first kappa shape index (κ1) is 14.0. The molecule has 1 saturated carbocycles. The van der Waals surface area contributed by atoms with Gasteiger partial charge in [0.1, 0.15) is 0 Å². The van der Waals surface area contributed by atoms with Gasteiger partial charge in [0, 0.05) is 24.5 Å². The van der Waals surface area contributed by atoms with Crippen LogP contribution < -0.4 is 5.32 Å². The second kappa shape index (κ2) is 4.94. The van der Waals surface area contributed by atoms with Gasteiger partial charge in [0.2, 0.25) is 0 Å². The predicted octanol–water partition coefficient (Wildman–Crippen LogP) is 2.22. The Morgan fingerprint density at radius 3 is 2.72 bits per heavy atom. The molecule has 2 N–H and O–H groups in total. The average Bonchev–Trinajstić information content (AvgIpc) is 2.61. The lowest BCUT2D eigenvalue weighted by molar-refractivity contribution is -0.0731. The van der Waals surface area contributed by atoms with Crippen LogP contribution in [0.5, 0.6) is 0 Å². The maximum Gasteiger partial charge on any atom is 0.0739 e. The van der Waals surface area contributed by atoms with E-state index in [1.54, 1.807) is 0 Å². The van der Waals surface area contributed by atoms with Crippen LogP contribution in [-0.2, 0) is 13.1 Å². The normalized spacial score (nSPS) is 26.1. The largest absolute Gasteiger partial charge is 0.392 e. The van der Waals surface area contributed by atoms with Gasteiger partial charge >= 0.3 is 0 Å². The number of nitrogens with zero attached hydrogens (tertiary/aromatic N) is 2. The number of halogens is 1. The van der Waals surface area contributed by atoms with Gasteiger partial charge in [-0.15, -0.1) is 0 Å². The van der Waals surface area contributed by atoms with Crippen molar-refractivity contribution in [3.63, 3.8) is 0 Å². The lowest BCUT2D eigenvalue weighted by atomic mass is 9.64. The van der Waals surface area contributed by atoms with Gasteiger partial charge in [0.05, 0.1) is 22.0 Å². The summed E-state index contributed by atoms with van der Waals surface area (Å²) in [7, 11) is 0. The highest BCUT2D eigenvalue weighted by Gasteiger charge is 2.46. The lowest BCUT2D eigenvalue weighted by Gasteiger charge is -2.49. The first-order chi connectivity index (χ1) is 8.37. The van der Waals surface area contributed by atoms with E-state index < -0.39 is 0 Å². The van der Waals surface area contributed by atoms with Crippen LogP contribution in [-0.4, -0.2) is 27.0 Å². The predicted molar refractivity (Wildman–Crippen MR) is 75.4 cm³/mol. The molecule has 0 radical (unpaired) electrons. The van der Waals surface area contributed by atoms with E-state index in [0.29, 0.717) is 6.04 Å². The number of hydrogen-bond donors (Lipinski definition) is 2. The summed E-state index contributed by atoms with van der Waals surface area (Å²) in [5.74, 6) is 0. The minimum absolute atomic E-state index is 0.0292. The number of nitrogens with one attached hydrogen (secondary N) is 1. The highest BCUT2D eigenvalue weighted by Crippen LogP contribution is 2.40. The third-order valence-electron chi connectivity index (χ3n) is 4.18. The fourth-order valence-corrected chi connectivity index (χ4v) is 2.93. The molecule has 0 amide bonds. The van der Waals surface area contributed by atoms with E-state index in [0.717, 1.165) is 29.7 Å². The molecule has 18 heavy (non-hydrogen) atoms. The van der Waals surface area contributed by atoms with Crippen molar-refractivity contribution < 1.29 is 5.11 Å². The molecule has 1 aromatic rings. The number of rotatable bonds is 4. The summed E-state index contributed by atoms with van der Waals surface area (Å²) in [5.41, 5.74) is 2.19. The smallest absolute Gasteiger partial charge is 0.0739 e. The Morgan fingerprint density at radius 2 is 2.22 bits per heavy atom. The van der Waals surface area contributed by atoms with E-state index in [2.05, 4.69) is 47.1 Å². The molecule has 2 rings (SSSR count). The summed E-state index contributed by atoms with van der Waals surface area (Å²) in [5, 5.41) is 17.8. The van der Waals surface area contributed by atoms with Crippen molar-refractivity contribution in [3.8, 4) is 0 Å². The third-order valence-corrected chi connectivity index (χ3v) is 5.22. The lowest BCUT2D eigenvalue weighted by Crippen LogP contribution is -2.59. The van der Waals surface area contributed by atoms with Crippen molar-refractivity contribution in [1.82, 2.24) is 15.1 Å². The summed E-state index contributed by atoms with van der Waals surface area (Å²) in [6.45, 7) is 9.99. The van der Waals surface area contributed by atoms with Gasteiger partial charge in [-0.2, -0.15) is 5.10 Å². The highest BCUT2D eigenvalue weighted by atomic mass is 79.9. The molecule has 2 atom stereocenters. The Hall–Kier alpha value is -0.390. The van der Waals surface area contributed by atoms with Crippen LogP contribution in [0.25, 0.3) is 0 Å². The average molecular weight is 316 g/mol. The van der Waals surface area contributed by atoms with Crippen LogP contribution in [0, 0.1) is 12.3 Å². The summed E-state index contributed by atoms with van der Waals surface area (Å²) in [4.78, 5) is 0. The second-order valence-corrected chi connectivity index (χ2v) is 6.46. The van der Waals surface area contributed by atoms with Crippen molar-refractivity contribution in [2.45, 2.75) is 59.4 Å². The van der Waals surface area contributed by atoms with E-state index >= 15 is 0 Å². The zero-order valence-corrected chi connectivity index (χ0v) is 13.1. The van der Waals surface area contributed by atoms with Gasteiger partial charge in [0.15, 0.2) is 0 Å². The summed E-state index contributed by atoms with van der Waals surface area (Å²) in [6, 6.07) is 0.375. The molecule has 0 aromatic carbocycles. The Morgan fingerprint density at radius 1 is 1.56 bits per heavy atom. The number of hydrogen-bond acceptors (Lipinski definition) is 3. The van der Waals surface area contributed by atoms with Crippen molar-refractivity contribution in [3.05, 3.63) is 15.9 Å². The monoisotopic (exact) mass is 315 g/mol. The van der Waals surface area contributed by atoms with Gasteiger partial charge in [-0.05, 0) is 36.2 Å². The molecule has 4 nitrogen and oxygen atoms in total. The maximum absolute atomic E-state index is 9.74. The molecule has 0 aliphatic heterocycles. The standard InChI is InChI=1S/C13H22BrN3O/c1-5-17-9(12(14)8(2)16-17)7-15-10-6-11(18)13(10,3)4/h10-11,15,18H,5-7H2,1-4H3. The molecular weight excluding hydrogens is 294 g/mol. The Bertz CT molecular complexity index is 442. The molecule has 102 valence electrons. The van der Waals surface area contributed by atoms with E-state index in [-0.39, 0.29) is 11.5 Å². The van der Waals surface area contributed by atoms with Gasteiger partial charge in [-0.3, -0.25) is 4.68 Å². The van der Waals surface area contributed by atoms with E-state index in [1.807, 2.05) is 11.6 Å². The first-order valence-electron chi connectivity index (χ1n) is 6.51. The minimum atomic E-state index is -0.184. The molecule has 0 saturated heterocycles. The Balaban J connectivity index is 2.03. The van der Waals surface area contributed by atoms with Crippen LogP contribution in [0.1, 0.15) is 38.6 Å². The Kier molecular flexibility index (Phi) is 3.85. The second-order valence-electron chi connectivity index (χ2n) is 5.67. The summed E-state index contributed by atoms with van der Waals surface area (Å²) >= 11 is 3.60. The number of aryl methyl sites for hydroxylation is 2.